The van der Waals surface area contributed by atoms with E-state index < -0.39 is 0 Å². The van der Waals surface area contributed by atoms with Crippen molar-refractivity contribution in [2.45, 2.75) is 45.4 Å². The van der Waals surface area contributed by atoms with Crippen LogP contribution in [0.5, 0.6) is 5.75 Å². The molecule has 0 radical (unpaired) electrons. The molecule has 1 atom stereocenters. The molecule has 0 aliphatic carbocycles. The van der Waals surface area contributed by atoms with Crippen molar-refractivity contribution in [2.24, 2.45) is 11.8 Å². The first kappa shape index (κ1) is 20.7. The van der Waals surface area contributed by atoms with Crippen LogP contribution in [-0.4, -0.2) is 55.5 Å². The number of halogens is 1. The molecule has 0 bridgehead atoms. The fourth-order valence-electron chi connectivity index (χ4n) is 4.57. The van der Waals surface area contributed by atoms with E-state index in [9.17, 15) is 4.79 Å². The molecule has 1 aromatic rings. The average molecular weight is 437 g/mol. The van der Waals surface area contributed by atoms with Gasteiger partial charge in [0.25, 0.3) is 0 Å². The van der Waals surface area contributed by atoms with Crippen LogP contribution in [-0.2, 0) is 11.2 Å². The van der Waals surface area contributed by atoms with Gasteiger partial charge in [-0.3, -0.25) is 4.79 Å². The Labute approximate surface area is 172 Å². The Morgan fingerprint density at radius 2 is 1.93 bits per heavy atom. The van der Waals surface area contributed by atoms with Crippen LogP contribution >= 0.6 is 15.9 Å². The van der Waals surface area contributed by atoms with Crippen molar-refractivity contribution in [1.82, 2.24) is 9.80 Å². The fraction of sp³-hybridized carbons (Fsp3) is 0.682. The van der Waals surface area contributed by atoms with E-state index in [-0.39, 0.29) is 5.91 Å². The Morgan fingerprint density at radius 1 is 1.19 bits per heavy atom. The molecule has 4 nitrogen and oxygen atoms in total. The van der Waals surface area contributed by atoms with Gasteiger partial charge in [0.15, 0.2) is 0 Å². The summed E-state index contributed by atoms with van der Waals surface area (Å²) in [7, 11) is 1.73. The van der Waals surface area contributed by atoms with Crippen LogP contribution in [0.4, 0.5) is 0 Å². The maximum atomic E-state index is 11.4. The largest absolute Gasteiger partial charge is 0.497 e. The highest BCUT2D eigenvalue weighted by Crippen LogP contribution is 2.29. The second-order valence-corrected chi connectivity index (χ2v) is 9.06. The Kier molecular flexibility index (Phi) is 7.59. The van der Waals surface area contributed by atoms with Crippen LogP contribution in [0.25, 0.3) is 0 Å². The van der Waals surface area contributed by atoms with Crippen LogP contribution in [0.1, 0.15) is 44.6 Å². The van der Waals surface area contributed by atoms with E-state index in [1.54, 1.807) is 14.0 Å². The SMILES string of the molecule is COc1ccc(Br)c(CC2CCN(CCCC3CCN(C(C)=O)CC3)C2)c1. The summed E-state index contributed by atoms with van der Waals surface area (Å²) in [6.07, 6.45) is 7.39. The molecule has 0 N–H and O–H groups in total. The molecule has 0 spiro atoms. The van der Waals surface area contributed by atoms with Crippen molar-refractivity contribution in [1.29, 1.82) is 0 Å². The summed E-state index contributed by atoms with van der Waals surface area (Å²) < 4.78 is 6.57. The fourth-order valence-corrected chi connectivity index (χ4v) is 4.98. The van der Waals surface area contributed by atoms with E-state index in [1.807, 2.05) is 11.0 Å². The van der Waals surface area contributed by atoms with Crippen molar-refractivity contribution in [2.75, 3.05) is 39.8 Å². The van der Waals surface area contributed by atoms with Crippen LogP contribution in [0.15, 0.2) is 22.7 Å². The second-order valence-electron chi connectivity index (χ2n) is 8.21. The molecule has 5 heteroatoms. The quantitative estimate of drug-likeness (QED) is 0.636. The molecule has 0 saturated carbocycles. The third kappa shape index (κ3) is 5.95. The zero-order valence-corrected chi connectivity index (χ0v) is 18.3. The zero-order chi connectivity index (χ0) is 19.2. The Hall–Kier alpha value is -1.07. The van der Waals surface area contributed by atoms with Crippen molar-refractivity contribution in [3.63, 3.8) is 0 Å². The lowest BCUT2D eigenvalue weighted by molar-refractivity contribution is -0.130. The molecule has 2 heterocycles. The minimum Gasteiger partial charge on any atom is -0.497 e. The highest BCUT2D eigenvalue weighted by atomic mass is 79.9. The number of rotatable bonds is 7. The number of benzene rings is 1. The molecule has 2 aliphatic rings. The van der Waals surface area contributed by atoms with Gasteiger partial charge in [0, 0.05) is 31.0 Å². The number of amides is 1. The standard InChI is InChI=1S/C22H33BrN2O2/c1-17(26)25-12-8-18(9-13-25)4-3-10-24-11-7-19(16-24)14-20-15-21(27-2)5-6-22(20)23/h5-6,15,18-19H,3-4,7-14,16H2,1-2H3. The van der Waals surface area contributed by atoms with Gasteiger partial charge in [0.2, 0.25) is 5.91 Å². The Balaban J connectivity index is 1.36. The van der Waals surface area contributed by atoms with Gasteiger partial charge in [0.1, 0.15) is 5.75 Å². The summed E-state index contributed by atoms with van der Waals surface area (Å²) in [6, 6.07) is 6.27. The number of piperidine rings is 1. The summed E-state index contributed by atoms with van der Waals surface area (Å²) in [5.41, 5.74) is 1.36. The third-order valence-electron chi connectivity index (χ3n) is 6.28. The number of ether oxygens (including phenoxy) is 1. The zero-order valence-electron chi connectivity index (χ0n) is 16.8. The number of carbonyl (C=O) groups excluding carboxylic acids is 1. The number of methoxy groups -OCH3 is 1. The molecule has 0 aromatic heterocycles. The smallest absolute Gasteiger partial charge is 0.219 e. The minimum absolute atomic E-state index is 0.235. The van der Waals surface area contributed by atoms with E-state index in [4.69, 9.17) is 4.74 Å². The lowest BCUT2D eigenvalue weighted by Crippen LogP contribution is -2.37. The van der Waals surface area contributed by atoms with Crippen LogP contribution in [0, 0.1) is 11.8 Å². The van der Waals surface area contributed by atoms with Gasteiger partial charge in [-0.2, -0.15) is 0 Å². The molecule has 1 aromatic carbocycles. The Morgan fingerprint density at radius 3 is 2.63 bits per heavy atom. The molecule has 2 fully saturated rings. The molecular weight excluding hydrogens is 404 g/mol. The maximum Gasteiger partial charge on any atom is 0.219 e. The van der Waals surface area contributed by atoms with E-state index in [0.717, 1.165) is 37.1 Å². The number of hydrogen-bond acceptors (Lipinski definition) is 3. The van der Waals surface area contributed by atoms with E-state index in [0.29, 0.717) is 0 Å². The molecule has 27 heavy (non-hydrogen) atoms. The molecular formula is C22H33BrN2O2. The lowest BCUT2D eigenvalue weighted by atomic mass is 9.92. The number of hydrogen-bond donors (Lipinski definition) is 0. The average Bonchev–Trinajstić information content (AvgIpc) is 3.11. The van der Waals surface area contributed by atoms with E-state index >= 15 is 0 Å². The predicted octanol–water partition coefficient (Wildman–Crippen LogP) is 4.36. The topological polar surface area (TPSA) is 32.8 Å². The summed E-state index contributed by atoms with van der Waals surface area (Å²) >= 11 is 3.69. The predicted molar refractivity (Wildman–Crippen MR) is 113 cm³/mol. The molecule has 1 amide bonds. The van der Waals surface area contributed by atoms with Crippen LogP contribution < -0.4 is 4.74 Å². The second kappa shape index (κ2) is 9.92. The van der Waals surface area contributed by atoms with Crippen LogP contribution in [0.2, 0.25) is 0 Å². The molecule has 2 saturated heterocycles. The number of likely N-dealkylation sites (tertiary alicyclic amines) is 2. The summed E-state index contributed by atoms with van der Waals surface area (Å²) in [6.45, 7) is 7.28. The van der Waals surface area contributed by atoms with E-state index in [1.165, 1.54) is 61.8 Å². The first-order valence-corrected chi connectivity index (χ1v) is 11.1. The molecule has 3 rings (SSSR count). The van der Waals surface area contributed by atoms with Gasteiger partial charge in [0.05, 0.1) is 7.11 Å². The van der Waals surface area contributed by atoms with Gasteiger partial charge in [-0.15, -0.1) is 0 Å². The first-order valence-electron chi connectivity index (χ1n) is 10.4. The highest BCUT2D eigenvalue weighted by molar-refractivity contribution is 9.10. The third-order valence-corrected chi connectivity index (χ3v) is 7.05. The maximum absolute atomic E-state index is 11.4. The van der Waals surface area contributed by atoms with Crippen molar-refractivity contribution >= 4 is 21.8 Å². The van der Waals surface area contributed by atoms with E-state index in [2.05, 4.69) is 33.0 Å². The van der Waals surface area contributed by atoms with Gasteiger partial charge >= 0.3 is 0 Å². The summed E-state index contributed by atoms with van der Waals surface area (Å²) in [5, 5.41) is 0. The van der Waals surface area contributed by atoms with Crippen molar-refractivity contribution in [3.8, 4) is 5.75 Å². The van der Waals surface area contributed by atoms with Crippen molar-refractivity contribution < 1.29 is 9.53 Å². The minimum atomic E-state index is 0.235. The number of carbonyl (C=O) groups is 1. The van der Waals surface area contributed by atoms with Gasteiger partial charge in [-0.1, -0.05) is 15.9 Å². The molecule has 150 valence electrons. The highest BCUT2D eigenvalue weighted by Gasteiger charge is 2.24. The molecule has 2 aliphatic heterocycles. The monoisotopic (exact) mass is 436 g/mol. The van der Waals surface area contributed by atoms with Crippen LogP contribution in [0.3, 0.4) is 0 Å². The normalized spacial score (nSPS) is 21.6. The number of nitrogens with zero attached hydrogens (tertiary/aromatic N) is 2. The lowest BCUT2D eigenvalue weighted by Gasteiger charge is -2.31. The molecule has 1 unspecified atom stereocenters. The van der Waals surface area contributed by atoms with Gasteiger partial charge in [-0.05, 0) is 87.2 Å². The summed E-state index contributed by atoms with van der Waals surface area (Å²) in [4.78, 5) is 16.1. The first-order chi connectivity index (χ1) is 13.0. The van der Waals surface area contributed by atoms with Crippen molar-refractivity contribution in [3.05, 3.63) is 28.2 Å². The van der Waals surface area contributed by atoms with Gasteiger partial charge in [-0.25, -0.2) is 0 Å². The Bertz CT molecular complexity index is 629. The van der Waals surface area contributed by atoms with Gasteiger partial charge < -0.3 is 14.5 Å². The summed E-state index contributed by atoms with van der Waals surface area (Å²) in [5.74, 6) is 2.73.